The molecule has 30 heavy (non-hydrogen) atoms. The van der Waals surface area contributed by atoms with Gasteiger partial charge in [-0.15, -0.1) is 0 Å². The van der Waals surface area contributed by atoms with Gasteiger partial charge in [-0.05, 0) is 44.6 Å². The zero-order valence-electron chi connectivity index (χ0n) is 19.2. The molecule has 2 aliphatic heterocycles. The van der Waals surface area contributed by atoms with Gasteiger partial charge in [-0.3, -0.25) is 0 Å². The first-order valence-corrected chi connectivity index (χ1v) is 12.5. The topological polar surface area (TPSA) is 79.1 Å². The maximum absolute atomic E-state index is 7.13. The number of anilines is 1. The molecule has 0 spiro atoms. The zero-order chi connectivity index (χ0) is 21.0. The SMILES string of the molecule is CCC(CC)CNC1CCCC1(N)c1nc2c(c(N3CCCCCC3)n1)CNCC2. The van der Waals surface area contributed by atoms with Crippen molar-refractivity contribution in [2.24, 2.45) is 11.7 Å². The molecule has 4 N–H and O–H groups in total. The molecular weight excluding hydrogens is 372 g/mol. The van der Waals surface area contributed by atoms with Crippen LogP contribution in [0.3, 0.4) is 0 Å². The minimum Gasteiger partial charge on any atom is -0.356 e. The fraction of sp³-hybridized carbons (Fsp3) is 0.833. The fourth-order valence-corrected chi connectivity index (χ4v) is 5.55. The predicted molar refractivity (Wildman–Crippen MR) is 124 cm³/mol. The lowest BCUT2D eigenvalue weighted by atomic mass is 9.91. The molecule has 2 unspecified atom stereocenters. The summed E-state index contributed by atoms with van der Waals surface area (Å²) in [5, 5.41) is 7.37. The van der Waals surface area contributed by atoms with Crippen molar-refractivity contribution in [1.82, 2.24) is 20.6 Å². The maximum Gasteiger partial charge on any atom is 0.152 e. The quantitative estimate of drug-likeness (QED) is 0.636. The van der Waals surface area contributed by atoms with Gasteiger partial charge >= 0.3 is 0 Å². The van der Waals surface area contributed by atoms with Gasteiger partial charge in [0.25, 0.3) is 0 Å². The smallest absolute Gasteiger partial charge is 0.152 e. The number of nitrogens with one attached hydrogen (secondary N) is 2. The minimum atomic E-state index is -0.452. The summed E-state index contributed by atoms with van der Waals surface area (Å²) in [6, 6.07) is 0.273. The molecule has 0 aromatic carbocycles. The van der Waals surface area contributed by atoms with Crippen molar-refractivity contribution in [3.8, 4) is 0 Å². The molecule has 2 atom stereocenters. The Hall–Kier alpha value is -1.24. The van der Waals surface area contributed by atoms with Crippen LogP contribution in [0.1, 0.15) is 88.7 Å². The molecule has 0 bridgehead atoms. The van der Waals surface area contributed by atoms with E-state index in [-0.39, 0.29) is 6.04 Å². The third kappa shape index (κ3) is 4.51. The second-order valence-corrected chi connectivity index (χ2v) is 9.70. The van der Waals surface area contributed by atoms with E-state index in [4.69, 9.17) is 15.7 Å². The van der Waals surface area contributed by atoms with Crippen LogP contribution in [0.2, 0.25) is 0 Å². The second-order valence-electron chi connectivity index (χ2n) is 9.70. The van der Waals surface area contributed by atoms with E-state index in [1.807, 2.05) is 0 Å². The molecular formula is C24H42N6. The summed E-state index contributed by atoms with van der Waals surface area (Å²) >= 11 is 0. The van der Waals surface area contributed by atoms with E-state index >= 15 is 0 Å². The first-order valence-electron chi connectivity index (χ1n) is 12.5. The molecule has 168 valence electrons. The molecule has 3 heterocycles. The molecule has 2 fully saturated rings. The Balaban J connectivity index is 1.64. The molecule has 1 saturated heterocycles. The summed E-state index contributed by atoms with van der Waals surface area (Å²) in [4.78, 5) is 12.9. The van der Waals surface area contributed by atoms with E-state index in [1.54, 1.807) is 0 Å². The van der Waals surface area contributed by atoms with Crippen molar-refractivity contribution in [2.45, 2.75) is 96.2 Å². The van der Waals surface area contributed by atoms with E-state index in [2.05, 4.69) is 29.4 Å². The number of nitrogens with zero attached hydrogens (tertiary/aromatic N) is 3. The van der Waals surface area contributed by atoms with Crippen molar-refractivity contribution >= 4 is 5.82 Å². The third-order valence-corrected chi connectivity index (χ3v) is 7.75. The zero-order valence-corrected chi connectivity index (χ0v) is 19.2. The van der Waals surface area contributed by atoms with Gasteiger partial charge in [0.1, 0.15) is 5.82 Å². The van der Waals surface area contributed by atoms with Crippen molar-refractivity contribution in [3.63, 3.8) is 0 Å². The average molecular weight is 415 g/mol. The summed E-state index contributed by atoms with van der Waals surface area (Å²) in [7, 11) is 0. The Kier molecular flexibility index (Phi) is 7.27. The van der Waals surface area contributed by atoms with E-state index in [1.165, 1.54) is 55.6 Å². The Bertz CT molecular complexity index is 695. The van der Waals surface area contributed by atoms with E-state index in [0.29, 0.717) is 0 Å². The van der Waals surface area contributed by atoms with Crippen LogP contribution >= 0.6 is 0 Å². The van der Waals surface area contributed by atoms with Crippen molar-refractivity contribution in [1.29, 1.82) is 0 Å². The number of nitrogens with two attached hydrogens (primary N) is 1. The van der Waals surface area contributed by atoms with Gasteiger partial charge in [0.05, 0.1) is 11.2 Å². The van der Waals surface area contributed by atoms with Gasteiger partial charge in [0, 0.05) is 44.2 Å². The lowest BCUT2D eigenvalue weighted by Crippen LogP contribution is -2.53. The Morgan fingerprint density at radius 3 is 2.63 bits per heavy atom. The van der Waals surface area contributed by atoms with Gasteiger partial charge in [0.15, 0.2) is 5.82 Å². The van der Waals surface area contributed by atoms with E-state index < -0.39 is 5.54 Å². The van der Waals surface area contributed by atoms with Crippen LogP contribution in [0.5, 0.6) is 0 Å². The molecule has 0 amide bonds. The molecule has 4 rings (SSSR count). The highest BCUT2D eigenvalue weighted by Crippen LogP contribution is 2.37. The molecule has 6 nitrogen and oxygen atoms in total. The number of hydrogen-bond acceptors (Lipinski definition) is 6. The number of aromatic nitrogens is 2. The Morgan fingerprint density at radius 2 is 1.90 bits per heavy atom. The summed E-state index contributed by atoms with van der Waals surface area (Å²) in [6.07, 6.45) is 11.8. The van der Waals surface area contributed by atoms with Crippen LogP contribution in [0.25, 0.3) is 0 Å². The van der Waals surface area contributed by atoms with Crippen LogP contribution < -0.4 is 21.3 Å². The predicted octanol–water partition coefficient (Wildman–Crippen LogP) is 3.24. The van der Waals surface area contributed by atoms with Gasteiger partial charge < -0.3 is 21.3 Å². The molecule has 1 saturated carbocycles. The molecule has 1 aromatic heterocycles. The number of rotatable bonds is 7. The molecule has 1 aromatic rings. The largest absolute Gasteiger partial charge is 0.356 e. The highest BCUT2D eigenvalue weighted by molar-refractivity contribution is 5.51. The van der Waals surface area contributed by atoms with Crippen molar-refractivity contribution < 1.29 is 0 Å². The van der Waals surface area contributed by atoms with Crippen LogP contribution in [-0.2, 0) is 18.5 Å². The Morgan fingerprint density at radius 1 is 1.13 bits per heavy atom. The maximum atomic E-state index is 7.13. The van der Waals surface area contributed by atoms with Crippen LogP contribution in [0, 0.1) is 5.92 Å². The Labute approximate surface area is 182 Å². The van der Waals surface area contributed by atoms with Gasteiger partial charge in [-0.1, -0.05) is 39.5 Å². The van der Waals surface area contributed by atoms with E-state index in [0.717, 1.165) is 70.1 Å². The monoisotopic (exact) mass is 414 g/mol. The minimum absolute atomic E-state index is 0.273. The van der Waals surface area contributed by atoms with E-state index in [9.17, 15) is 0 Å². The molecule has 3 aliphatic rings. The van der Waals surface area contributed by atoms with Crippen molar-refractivity contribution in [3.05, 3.63) is 17.1 Å². The average Bonchev–Trinajstić information content (AvgIpc) is 2.98. The standard InChI is InChI=1S/C24H42N6/c1-3-18(4-2)16-27-21-10-9-12-24(21,25)23-28-20-11-13-26-17-19(20)22(29-23)30-14-7-5-6-8-15-30/h18,21,26-27H,3-17,25H2,1-2H3. The fourth-order valence-electron chi connectivity index (χ4n) is 5.55. The van der Waals surface area contributed by atoms with Gasteiger partial charge in [0.2, 0.25) is 0 Å². The van der Waals surface area contributed by atoms with Gasteiger partial charge in [-0.2, -0.15) is 0 Å². The van der Waals surface area contributed by atoms with Crippen LogP contribution in [0.15, 0.2) is 0 Å². The summed E-state index contributed by atoms with van der Waals surface area (Å²) in [5.41, 5.74) is 9.23. The number of fused-ring (bicyclic) bond motifs is 1. The summed E-state index contributed by atoms with van der Waals surface area (Å²) < 4.78 is 0. The van der Waals surface area contributed by atoms with Crippen molar-refractivity contribution in [2.75, 3.05) is 31.1 Å². The highest BCUT2D eigenvalue weighted by atomic mass is 15.2. The normalized spacial score (nSPS) is 27.3. The summed E-state index contributed by atoms with van der Waals surface area (Å²) in [5.74, 6) is 2.78. The lowest BCUT2D eigenvalue weighted by Gasteiger charge is -2.35. The lowest BCUT2D eigenvalue weighted by molar-refractivity contribution is 0.302. The molecule has 1 aliphatic carbocycles. The highest BCUT2D eigenvalue weighted by Gasteiger charge is 2.44. The van der Waals surface area contributed by atoms with Gasteiger partial charge in [-0.25, -0.2) is 9.97 Å². The third-order valence-electron chi connectivity index (χ3n) is 7.75. The summed E-state index contributed by atoms with van der Waals surface area (Å²) in [6.45, 7) is 9.72. The molecule has 0 radical (unpaired) electrons. The van der Waals surface area contributed by atoms with Crippen LogP contribution in [-0.4, -0.2) is 42.2 Å². The second kappa shape index (κ2) is 9.92. The number of hydrogen-bond donors (Lipinski definition) is 3. The van der Waals surface area contributed by atoms with Crippen LogP contribution in [0.4, 0.5) is 5.82 Å². The first kappa shape index (κ1) is 22.0. The molecule has 6 heteroatoms. The first-order chi connectivity index (χ1) is 14.7.